The van der Waals surface area contributed by atoms with Gasteiger partial charge in [-0.2, -0.15) is 5.10 Å². The number of pyridine rings is 2. The standard InChI is InChI=1S/C22H20BrN7O2/c1-25-21-14-11-26-19(24)10-13(14)15(12-27-21)22-28-20-16(4-2-5-17(20)32-22)31-9-3-7-30-8-6-18(23)29-30/h2,4-6,8,10-12H,3,7,9H2,1H3,(H2,24,26)(H,25,27). The van der Waals surface area contributed by atoms with Crippen LogP contribution in [-0.4, -0.2) is 38.4 Å². The number of oxazole rings is 1. The van der Waals surface area contributed by atoms with Crippen LogP contribution in [0.5, 0.6) is 5.75 Å². The fourth-order valence-corrected chi connectivity index (χ4v) is 3.87. The van der Waals surface area contributed by atoms with Gasteiger partial charge in [-0.3, -0.25) is 4.68 Å². The van der Waals surface area contributed by atoms with Gasteiger partial charge in [0.05, 0.1) is 12.2 Å². The predicted octanol–water partition coefficient (Wildman–Crippen LogP) is 4.49. The Hall–Kier alpha value is -3.66. The molecular formula is C22H20BrN7O2. The number of fused-ring (bicyclic) bond motifs is 2. The van der Waals surface area contributed by atoms with Gasteiger partial charge in [0.25, 0.3) is 0 Å². The molecule has 0 bridgehead atoms. The van der Waals surface area contributed by atoms with Crippen LogP contribution in [0.3, 0.4) is 0 Å². The summed E-state index contributed by atoms with van der Waals surface area (Å²) < 4.78 is 14.8. The number of para-hydroxylation sites is 1. The third-order valence-electron chi connectivity index (χ3n) is 5.04. The fourth-order valence-electron chi connectivity index (χ4n) is 3.55. The topological polar surface area (TPSA) is 117 Å². The van der Waals surface area contributed by atoms with Crippen LogP contribution < -0.4 is 15.8 Å². The largest absolute Gasteiger partial charge is 0.491 e. The number of nitrogens with zero attached hydrogens (tertiary/aromatic N) is 5. The Morgan fingerprint density at radius 3 is 2.91 bits per heavy atom. The van der Waals surface area contributed by atoms with E-state index in [1.807, 2.05) is 42.2 Å². The lowest BCUT2D eigenvalue weighted by molar-refractivity contribution is 0.301. The lowest BCUT2D eigenvalue weighted by Gasteiger charge is -2.08. The van der Waals surface area contributed by atoms with Gasteiger partial charge in [-0.1, -0.05) is 6.07 Å². The minimum absolute atomic E-state index is 0.413. The zero-order chi connectivity index (χ0) is 22.1. The number of benzene rings is 1. The number of aryl methyl sites for hydroxylation is 1. The van der Waals surface area contributed by atoms with Crippen molar-refractivity contribution in [1.82, 2.24) is 24.7 Å². The van der Waals surface area contributed by atoms with Gasteiger partial charge in [0, 0.05) is 49.4 Å². The Morgan fingerprint density at radius 1 is 1.19 bits per heavy atom. The lowest BCUT2D eigenvalue weighted by atomic mass is 10.1. The average molecular weight is 494 g/mol. The highest BCUT2D eigenvalue weighted by Crippen LogP contribution is 2.35. The smallest absolute Gasteiger partial charge is 0.229 e. The Morgan fingerprint density at radius 2 is 2.09 bits per heavy atom. The SMILES string of the molecule is CNc1ncc(-c2nc3c(OCCCn4ccc(Br)n4)cccc3o2)c2cc(N)ncc12. The van der Waals surface area contributed by atoms with Gasteiger partial charge in [-0.15, -0.1) is 0 Å². The molecule has 3 N–H and O–H groups in total. The van der Waals surface area contributed by atoms with E-state index in [0.717, 1.165) is 33.9 Å². The monoisotopic (exact) mass is 493 g/mol. The van der Waals surface area contributed by atoms with E-state index in [1.165, 1.54) is 0 Å². The molecule has 162 valence electrons. The van der Waals surface area contributed by atoms with Crippen LogP contribution in [0.25, 0.3) is 33.3 Å². The fraction of sp³-hybridized carbons (Fsp3) is 0.182. The first-order chi connectivity index (χ1) is 15.6. The molecule has 5 rings (SSSR count). The molecule has 0 unspecified atom stereocenters. The van der Waals surface area contributed by atoms with Crippen LogP contribution in [0.1, 0.15) is 6.42 Å². The molecule has 0 aliphatic rings. The van der Waals surface area contributed by atoms with Crippen LogP contribution >= 0.6 is 15.9 Å². The van der Waals surface area contributed by atoms with Crippen molar-refractivity contribution in [3.63, 3.8) is 0 Å². The molecule has 0 fully saturated rings. The second kappa shape index (κ2) is 8.46. The van der Waals surface area contributed by atoms with Gasteiger partial charge in [-0.25, -0.2) is 15.0 Å². The second-order valence-electron chi connectivity index (χ2n) is 7.15. The summed E-state index contributed by atoms with van der Waals surface area (Å²) in [5.74, 6) is 2.24. The zero-order valence-electron chi connectivity index (χ0n) is 17.2. The van der Waals surface area contributed by atoms with Crippen molar-refractivity contribution in [2.24, 2.45) is 0 Å². The van der Waals surface area contributed by atoms with E-state index < -0.39 is 0 Å². The quantitative estimate of drug-likeness (QED) is 0.318. The van der Waals surface area contributed by atoms with Crippen molar-refractivity contribution in [2.75, 3.05) is 24.7 Å². The molecule has 4 heterocycles. The van der Waals surface area contributed by atoms with E-state index in [0.29, 0.717) is 41.0 Å². The first kappa shape index (κ1) is 20.3. The average Bonchev–Trinajstić information content (AvgIpc) is 3.42. The first-order valence-corrected chi connectivity index (χ1v) is 10.9. The van der Waals surface area contributed by atoms with Crippen molar-refractivity contribution in [3.05, 3.63) is 53.5 Å². The molecule has 0 aliphatic heterocycles. The van der Waals surface area contributed by atoms with E-state index >= 15 is 0 Å². The Kier molecular flexibility index (Phi) is 5.36. The van der Waals surface area contributed by atoms with Crippen molar-refractivity contribution in [2.45, 2.75) is 13.0 Å². The maximum atomic E-state index is 6.06. The van der Waals surface area contributed by atoms with Crippen LogP contribution in [0.2, 0.25) is 0 Å². The zero-order valence-corrected chi connectivity index (χ0v) is 18.8. The Labute approximate surface area is 191 Å². The normalized spacial score (nSPS) is 11.3. The molecular weight excluding hydrogens is 474 g/mol. The summed E-state index contributed by atoms with van der Waals surface area (Å²) >= 11 is 3.35. The van der Waals surface area contributed by atoms with E-state index in [2.05, 4.69) is 36.3 Å². The number of hydrogen-bond donors (Lipinski definition) is 2. The number of nitrogen functional groups attached to an aromatic ring is 1. The molecule has 0 saturated heterocycles. The van der Waals surface area contributed by atoms with Crippen molar-refractivity contribution in [3.8, 4) is 17.2 Å². The van der Waals surface area contributed by atoms with Crippen molar-refractivity contribution < 1.29 is 9.15 Å². The number of ether oxygens (including phenoxy) is 1. The number of halogens is 1. The summed E-state index contributed by atoms with van der Waals surface area (Å²) in [5.41, 5.74) is 7.98. The molecule has 0 spiro atoms. The Bertz CT molecular complexity index is 1410. The van der Waals surface area contributed by atoms with Crippen LogP contribution in [0.15, 0.2) is 57.9 Å². The summed E-state index contributed by atoms with van der Waals surface area (Å²) in [6, 6.07) is 9.35. The summed E-state index contributed by atoms with van der Waals surface area (Å²) in [5, 5.41) is 9.08. The summed E-state index contributed by atoms with van der Waals surface area (Å²) in [7, 11) is 1.81. The van der Waals surface area contributed by atoms with E-state index in [-0.39, 0.29) is 0 Å². The third kappa shape index (κ3) is 3.84. The van der Waals surface area contributed by atoms with Gasteiger partial charge in [0.2, 0.25) is 5.89 Å². The highest BCUT2D eigenvalue weighted by Gasteiger charge is 2.17. The van der Waals surface area contributed by atoms with Crippen molar-refractivity contribution >= 4 is 49.4 Å². The van der Waals surface area contributed by atoms with Crippen LogP contribution in [-0.2, 0) is 6.54 Å². The summed E-state index contributed by atoms with van der Waals surface area (Å²) in [6.07, 6.45) is 6.15. The predicted molar refractivity (Wildman–Crippen MR) is 127 cm³/mol. The molecule has 32 heavy (non-hydrogen) atoms. The molecule has 0 atom stereocenters. The van der Waals surface area contributed by atoms with Crippen molar-refractivity contribution in [1.29, 1.82) is 0 Å². The number of nitrogens with one attached hydrogen (secondary N) is 1. The minimum atomic E-state index is 0.413. The highest BCUT2D eigenvalue weighted by molar-refractivity contribution is 9.10. The number of nitrogens with two attached hydrogens (primary N) is 1. The molecule has 0 amide bonds. The summed E-state index contributed by atoms with van der Waals surface area (Å²) in [4.78, 5) is 13.4. The first-order valence-electron chi connectivity index (χ1n) is 10.1. The van der Waals surface area contributed by atoms with E-state index in [9.17, 15) is 0 Å². The number of aromatic nitrogens is 5. The third-order valence-corrected chi connectivity index (χ3v) is 5.46. The van der Waals surface area contributed by atoms with Gasteiger partial charge in [0.1, 0.15) is 22.0 Å². The lowest BCUT2D eigenvalue weighted by Crippen LogP contribution is -2.05. The number of hydrogen-bond acceptors (Lipinski definition) is 8. The molecule has 10 heteroatoms. The second-order valence-corrected chi connectivity index (χ2v) is 7.96. The van der Waals surface area contributed by atoms with Gasteiger partial charge < -0.3 is 20.2 Å². The molecule has 0 saturated carbocycles. The minimum Gasteiger partial charge on any atom is -0.491 e. The molecule has 4 aromatic heterocycles. The number of anilines is 2. The van der Waals surface area contributed by atoms with Crippen LogP contribution in [0, 0.1) is 0 Å². The van der Waals surface area contributed by atoms with Gasteiger partial charge in [0.15, 0.2) is 11.1 Å². The van der Waals surface area contributed by atoms with E-state index in [1.54, 1.807) is 18.5 Å². The molecule has 5 aromatic rings. The van der Waals surface area contributed by atoms with Gasteiger partial charge >= 0.3 is 0 Å². The van der Waals surface area contributed by atoms with Gasteiger partial charge in [-0.05, 0) is 40.2 Å². The highest BCUT2D eigenvalue weighted by atomic mass is 79.9. The molecule has 1 aromatic carbocycles. The summed E-state index contributed by atoms with van der Waals surface area (Å²) in [6.45, 7) is 1.29. The molecule has 0 aliphatic carbocycles. The molecule has 9 nitrogen and oxygen atoms in total. The van der Waals surface area contributed by atoms with Crippen LogP contribution in [0.4, 0.5) is 11.6 Å². The maximum absolute atomic E-state index is 6.06. The number of rotatable bonds is 7. The molecule has 0 radical (unpaired) electrons. The Balaban J connectivity index is 1.44. The van der Waals surface area contributed by atoms with E-state index in [4.69, 9.17) is 19.9 Å². The maximum Gasteiger partial charge on any atom is 0.229 e.